The summed E-state index contributed by atoms with van der Waals surface area (Å²) in [4.78, 5) is 1.15. The van der Waals surface area contributed by atoms with Crippen LogP contribution < -0.4 is 0 Å². The molecule has 1 nitrogen and oxygen atoms in total. The molecule has 1 saturated carbocycles. The van der Waals surface area contributed by atoms with Gasteiger partial charge in [-0.2, -0.15) is 0 Å². The van der Waals surface area contributed by atoms with Gasteiger partial charge in [-0.15, -0.1) is 11.3 Å². The SMILES string of the molecule is CC1CC(C)CC(C(O)c2cc3ccccc3s2)C1. The Balaban J connectivity index is 1.84. The molecule has 102 valence electrons. The molecule has 1 aromatic carbocycles. The third-order valence-corrected chi connectivity index (χ3v) is 5.58. The molecule has 1 aliphatic rings. The average Bonchev–Trinajstić information content (AvgIpc) is 2.80. The van der Waals surface area contributed by atoms with Gasteiger partial charge in [-0.3, -0.25) is 0 Å². The van der Waals surface area contributed by atoms with Gasteiger partial charge in [0.25, 0.3) is 0 Å². The second-order valence-electron chi connectivity index (χ2n) is 6.31. The first-order valence-electron chi connectivity index (χ1n) is 7.30. The molecule has 1 aliphatic carbocycles. The number of hydrogen-bond acceptors (Lipinski definition) is 2. The van der Waals surface area contributed by atoms with Crippen molar-refractivity contribution in [3.05, 3.63) is 35.2 Å². The van der Waals surface area contributed by atoms with Crippen LogP contribution in [-0.4, -0.2) is 5.11 Å². The predicted octanol–water partition coefficient (Wildman–Crippen LogP) is 5.01. The molecule has 1 fully saturated rings. The summed E-state index contributed by atoms with van der Waals surface area (Å²) in [6.07, 6.45) is 3.37. The van der Waals surface area contributed by atoms with E-state index in [1.807, 2.05) is 0 Å². The van der Waals surface area contributed by atoms with Gasteiger partial charge in [0.05, 0.1) is 6.10 Å². The Morgan fingerprint density at radius 2 is 1.79 bits per heavy atom. The molecule has 0 spiro atoms. The number of aliphatic hydroxyl groups is 1. The first-order valence-corrected chi connectivity index (χ1v) is 8.11. The van der Waals surface area contributed by atoms with Crippen molar-refractivity contribution < 1.29 is 5.11 Å². The maximum absolute atomic E-state index is 10.7. The van der Waals surface area contributed by atoms with Crippen molar-refractivity contribution in [3.8, 4) is 0 Å². The summed E-state index contributed by atoms with van der Waals surface area (Å²) < 4.78 is 1.29. The zero-order valence-corrected chi connectivity index (χ0v) is 12.5. The maximum atomic E-state index is 10.7. The predicted molar refractivity (Wildman–Crippen MR) is 82.5 cm³/mol. The van der Waals surface area contributed by atoms with Gasteiger partial charge in [-0.25, -0.2) is 0 Å². The lowest BCUT2D eigenvalue weighted by molar-refractivity contribution is 0.0577. The first kappa shape index (κ1) is 13.1. The van der Waals surface area contributed by atoms with E-state index in [4.69, 9.17) is 0 Å². The zero-order chi connectivity index (χ0) is 13.4. The molecule has 0 amide bonds. The van der Waals surface area contributed by atoms with E-state index in [9.17, 15) is 5.11 Å². The fourth-order valence-electron chi connectivity index (χ4n) is 3.65. The summed E-state index contributed by atoms with van der Waals surface area (Å²) in [5.41, 5.74) is 0. The Morgan fingerprint density at radius 3 is 2.47 bits per heavy atom. The Labute approximate surface area is 119 Å². The lowest BCUT2D eigenvalue weighted by Crippen LogP contribution is -2.24. The molecule has 0 saturated heterocycles. The summed E-state index contributed by atoms with van der Waals surface area (Å²) in [6.45, 7) is 4.64. The lowest BCUT2D eigenvalue weighted by Gasteiger charge is -2.34. The van der Waals surface area contributed by atoms with Crippen molar-refractivity contribution in [2.75, 3.05) is 0 Å². The van der Waals surface area contributed by atoms with Gasteiger partial charge in [0.15, 0.2) is 0 Å². The van der Waals surface area contributed by atoms with Crippen molar-refractivity contribution in [2.45, 2.75) is 39.2 Å². The number of thiophene rings is 1. The van der Waals surface area contributed by atoms with Gasteiger partial charge in [0.2, 0.25) is 0 Å². The number of benzene rings is 1. The minimum Gasteiger partial charge on any atom is -0.387 e. The topological polar surface area (TPSA) is 20.2 Å². The van der Waals surface area contributed by atoms with Crippen molar-refractivity contribution in [1.82, 2.24) is 0 Å². The van der Waals surface area contributed by atoms with Crippen LogP contribution in [-0.2, 0) is 0 Å². The van der Waals surface area contributed by atoms with E-state index in [0.29, 0.717) is 5.92 Å². The van der Waals surface area contributed by atoms with Crippen molar-refractivity contribution in [1.29, 1.82) is 0 Å². The molecule has 3 unspecified atom stereocenters. The third-order valence-electron chi connectivity index (χ3n) is 4.40. The van der Waals surface area contributed by atoms with E-state index in [0.717, 1.165) is 16.7 Å². The largest absolute Gasteiger partial charge is 0.387 e. The molecule has 1 aromatic heterocycles. The number of hydrogen-bond donors (Lipinski definition) is 1. The molecule has 0 aliphatic heterocycles. The molecule has 3 rings (SSSR count). The molecule has 0 bridgehead atoms. The Morgan fingerprint density at radius 1 is 1.11 bits per heavy atom. The number of aliphatic hydroxyl groups excluding tert-OH is 1. The quantitative estimate of drug-likeness (QED) is 0.816. The van der Waals surface area contributed by atoms with Gasteiger partial charge < -0.3 is 5.11 Å². The fraction of sp³-hybridized carbons (Fsp3) is 0.529. The smallest absolute Gasteiger partial charge is 0.0910 e. The second-order valence-corrected chi connectivity index (χ2v) is 7.42. The van der Waals surface area contributed by atoms with Crippen molar-refractivity contribution in [3.63, 3.8) is 0 Å². The molecule has 1 N–H and O–H groups in total. The maximum Gasteiger partial charge on any atom is 0.0910 e. The summed E-state index contributed by atoms with van der Waals surface area (Å²) >= 11 is 1.75. The van der Waals surface area contributed by atoms with Crippen LogP contribution in [0, 0.1) is 17.8 Å². The van der Waals surface area contributed by atoms with Crippen LogP contribution in [0.4, 0.5) is 0 Å². The molecule has 3 atom stereocenters. The monoisotopic (exact) mass is 274 g/mol. The zero-order valence-electron chi connectivity index (χ0n) is 11.7. The highest BCUT2D eigenvalue weighted by molar-refractivity contribution is 7.19. The summed E-state index contributed by atoms with van der Waals surface area (Å²) in [5, 5.41) is 12.0. The highest BCUT2D eigenvalue weighted by atomic mass is 32.1. The summed E-state index contributed by atoms with van der Waals surface area (Å²) in [6, 6.07) is 10.6. The minimum absolute atomic E-state index is 0.275. The molecular formula is C17H22OS. The molecule has 2 heteroatoms. The highest BCUT2D eigenvalue weighted by Gasteiger charge is 2.30. The normalized spacial score (nSPS) is 29.5. The number of rotatable bonds is 2. The van der Waals surface area contributed by atoms with Crippen LogP contribution in [0.15, 0.2) is 30.3 Å². The molecule has 2 aromatic rings. The third kappa shape index (κ3) is 2.70. The molecule has 0 radical (unpaired) electrons. The minimum atomic E-state index is -0.275. The summed E-state index contributed by atoms with van der Waals surface area (Å²) in [5.74, 6) is 1.93. The summed E-state index contributed by atoms with van der Waals surface area (Å²) in [7, 11) is 0. The Hall–Kier alpha value is -0.860. The van der Waals surface area contributed by atoms with Crippen LogP contribution in [0.5, 0.6) is 0 Å². The van der Waals surface area contributed by atoms with E-state index in [-0.39, 0.29) is 6.10 Å². The lowest BCUT2D eigenvalue weighted by atomic mass is 9.74. The van der Waals surface area contributed by atoms with Crippen LogP contribution in [0.1, 0.15) is 44.1 Å². The Kier molecular flexibility index (Phi) is 3.64. The fourth-order valence-corrected chi connectivity index (χ4v) is 4.79. The van der Waals surface area contributed by atoms with E-state index in [1.54, 1.807) is 11.3 Å². The van der Waals surface area contributed by atoms with Crippen LogP contribution >= 0.6 is 11.3 Å². The van der Waals surface area contributed by atoms with Gasteiger partial charge in [-0.05, 0) is 54.5 Å². The van der Waals surface area contributed by atoms with Crippen LogP contribution in [0.2, 0.25) is 0 Å². The van der Waals surface area contributed by atoms with Crippen LogP contribution in [0.25, 0.3) is 10.1 Å². The highest BCUT2D eigenvalue weighted by Crippen LogP contribution is 2.42. The van der Waals surface area contributed by atoms with Gasteiger partial charge in [-0.1, -0.05) is 32.0 Å². The Bertz CT molecular complexity index is 516. The molecular weight excluding hydrogens is 252 g/mol. The van der Waals surface area contributed by atoms with Crippen molar-refractivity contribution >= 4 is 21.4 Å². The number of fused-ring (bicyclic) bond motifs is 1. The second kappa shape index (κ2) is 5.26. The molecule has 1 heterocycles. The first-order chi connectivity index (χ1) is 9.13. The van der Waals surface area contributed by atoms with Gasteiger partial charge in [0, 0.05) is 9.58 Å². The standard InChI is InChI=1S/C17H22OS/c1-11-7-12(2)9-14(8-11)17(18)16-10-13-5-3-4-6-15(13)19-16/h3-6,10-12,14,17-18H,7-9H2,1-2H3. The van der Waals surface area contributed by atoms with Crippen molar-refractivity contribution in [2.24, 2.45) is 17.8 Å². The van der Waals surface area contributed by atoms with Crippen LogP contribution in [0.3, 0.4) is 0 Å². The van der Waals surface area contributed by atoms with E-state index in [1.165, 1.54) is 29.3 Å². The van der Waals surface area contributed by atoms with Gasteiger partial charge in [0.1, 0.15) is 0 Å². The van der Waals surface area contributed by atoms with E-state index < -0.39 is 0 Å². The van der Waals surface area contributed by atoms with E-state index in [2.05, 4.69) is 44.2 Å². The molecule has 19 heavy (non-hydrogen) atoms. The van der Waals surface area contributed by atoms with Gasteiger partial charge >= 0.3 is 0 Å². The van der Waals surface area contributed by atoms with E-state index >= 15 is 0 Å². The average molecular weight is 274 g/mol.